The summed E-state index contributed by atoms with van der Waals surface area (Å²) >= 11 is 0. The van der Waals surface area contributed by atoms with Crippen molar-refractivity contribution < 1.29 is 4.79 Å². The van der Waals surface area contributed by atoms with Crippen molar-refractivity contribution in [1.82, 2.24) is 15.2 Å². The zero-order chi connectivity index (χ0) is 12.5. The molecule has 94 valence electrons. The summed E-state index contributed by atoms with van der Waals surface area (Å²) in [5.74, 6) is 0.0202. The van der Waals surface area contributed by atoms with Gasteiger partial charge in [-0.1, -0.05) is 6.07 Å². The van der Waals surface area contributed by atoms with E-state index in [4.69, 9.17) is 0 Å². The molecule has 1 aromatic heterocycles. The summed E-state index contributed by atoms with van der Waals surface area (Å²) in [6.45, 7) is 1.86. The van der Waals surface area contributed by atoms with Gasteiger partial charge in [-0.05, 0) is 36.6 Å². The normalized spacial score (nSPS) is 19.3. The number of nitrogens with one attached hydrogen (secondary N) is 2. The summed E-state index contributed by atoms with van der Waals surface area (Å²) < 4.78 is 2.03. The van der Waals surface area contributed by atoms with Crippen molar-refractivity contribution in [2.75, 3.05) is 13.1 Å². The third kappa shape index (κ3) is 1.99. The van der Waals surface area contributed by atoms with Gasteiger partial charge in [0.2, 0.25) is 0 Å². The van der Waals surface area contributed by atoms with E-state index in [2.05, 4.69) is 16.7 Å². The standard InChI is InChI=1S/C14H17N3O/c1-17-7-5-10-2-3-11(8-13(10)17)14(18)16-12-4-6-15-9-12/h2-3,5,7-8,12,15H,4,6,9H2,1H3,(H,16,18). The molecule has 0 spiro atoms. The largest absolute Gasteiger partial charge is 0.351 e. The van der Waals surface area contributed by atoms with Crippen molar-refractivity contribution in [3.63, 3.8) is 0 Å². The van der Waals surface area contributed by atoms with Gasteiger partial charge in [-0.15, -0.1) is 0 Å². The summed E-state index contributed by atoms with van der Waals surface area (Å²) in [4.78, 5) is 12.1. The summed E-state index contributed by atoms with van der Waals surface area (Å²) in [5.41, 5.74) is 1.82. The van der Waals surface area contributed by atoms with Gasteiger partial charge in [-0.3, -0.25) is 4.79 Å². The second kappa shape index (κ2) is 4.46. The molecule has 0 aliphatic carbocycles. The molecule has 4 heteroatoms. The van der Waals surface area contributed by atoms with Gasteiger partial charge >= 0.3 is 0 Å². The fourth-order valence-electron chi connectivity index (χ4n) is 2.45. The predicted octanol–water partition coefficient (Wildman–Crippen LogP) is 1.27. The molecule has 1 aliphatic heterocycles. The maximum absolute atomic E-state index is 12.1. The highest BCUT2D eigenvalue weighted by Crippen LogP contribution is 2.16. The van der Waals surface area contributed by atoms with Gasteiger partial charge < -0.3 is 15.2 Å². The first-order chi connectivity index (χ1) is 8.74. The molecule has 1 amide bonds. The molecule has 4 nitrogen and oxygen atoms in total. The molecule has 0 radical (unpaired) electrons. The quantitative estimate of drug-likeness (QED) is 0.834. The van der Waals surface area contributed by atoms with Gasteiger partial charge in [0.1, 0.15) is 0 Å². The lowest BCUT2D eigenvalue weighted by Crippen LogP contribution is -2.36. The average Bonchev–Trinajstić information content (AvgIpc) is 3.00. The van der Waals surface area contributed by atoms with Crippen LogP contribution in [0.1, 0.15) is 16.8 Å². The average molecular weight is 243 g/mol. The third-order valence-corrected chi connectivity index (χ3v) is 3.55. The molecule has 2 heterocycles. The van der Waals surface area contributed by atoms with Gasteiger partial charge in [-0.2, -0.15) is 0 Å². The highest BCUT2D eigenvalue weighted by molar-refractivity contribution is 5.98. The maximum Gasteiger partial charge on any atom is 0.251 e. The van der Waals surface area contributed by atoms with Crippen LogP contribution >= 0.6 is 0 Å². The van der Waals surface area contributed by atoms with Crippen molar-refractivity contribution in [3.05, 3.63) is 36.0 Å². The smallest absolute Gasteiger partial charge is 0.251 e. The molecular formula is C14H17N3O. The molecule has 3 rings (SSSR count). The molecule has 0 saturated carbocycles. The summed E-state index contributed by atoms with van der Waals surface area (Å²) in [6, 6.07) is 8.16. The molecule has 1 fully saturated rings. The fraction of sp³-hybridized carbons (Fsp3) is 0.357. The van der Waals surface area contributed by atoms with Crippen LogP contribution in [0.2, 0.25) is 0 Å². The Kier molecular flexibility index (Phi) is 2.80. The first-order valence-corrected chi connectivity index (χ1v) is 6.31. The van der Waals surface area contributed by atoms with Gasteiger partial charge in [-0.25, -0.2) is 0 Å². The number of rotatable bonds is 2. The summed E-state index contributed by atoms with van der Waals surface area (Å²) in [5, 5.41) is 7.47. The van der Waals surface area contributed by atoms with E-state index in [1.807, 2.05) is 36.0 Å². The van der Waals surface area contributed by atoms with Crippen molar-refractivity contribution in [1.29, 1.82) is 0 Å². The van der Waals surface area contributed by atoms with E-state index in [0.29, 0.717) is 0 Å². The Morgan fingerprint density at radius 1 is 1.44 bits per heavy atom. The van der Waals surface area contributed by atoms with Gasteiger partial charge in [0, 0.05) is 36.9 Å². The lowest BCUT2D eigenvalue weighted by Gasteiger charge is -2.11. The number of carbonyl (C=O) groups excluding carboxylic acids is 1. The lowest BCUT2D eigenvalue weighted by molar-refractivity contribution is 0.0940. The van der Waals surface area contributed by atoms with Crippen LogP contribution in [0, 0.1) is 0 Å². The monoisotopic (exact) mass is 243 g/mol. The molecule has 0 bridgehead atoms. The number of aromatic nitrogens is 1. The molecule has 1 saturated heterocycles. The van der Waals surface area contributed by atoms with Crippen molar-refractivity contribution in [2.24, 2.45) is 7.05 Å². The third-order valence-electron chi connectivity index (χ3n) is 3.55. The second-order valence-corrected chi connectivity index (χ2v) is 4.86. The number of hydrogen-bond donors (Lipinski definition) is 2. The second-order valence-electron chi connectivity index (χ2n) is 4.86. The molecule has 1 aliphatic rings. The van der Waals surface area contributed by atoms with Crippen molar-refractivity contribution >= 4 is 16.8 Å². The number of amides is 1. The number of fused-ring (bicyclic) bond motifs is 1. The number of nitrogens with zero attached hydrogens (tertiary/aromatic N) is 1. The Morgan fingerprint density at radius 2 is 2.33 bits per heavy atom. The van der Waals surface area contributed by atoms with Crippen LogP contribution in [0.15, 0.2) is 30.5 Å². The molecule has 2 aromatic rings. The predicted molar refractivity (Wildman–Crippen MR) is 71.7 cm³/mol. The van der Waals surface area contributed by atoms with Gasteiger partial charge in [0.25, 0.3) is 5.91 Å². The topological polar surface area (TPSA) is 46.1 Å². The first kappa shape index (κ1) is 11.3. The van der Waals surface area contributed by atoms with E-state index < -0.39 is 0 Å². The first-order valence-electron chi connectivity index (χ1n) is 6.31. The van der Waals surface area contributed by atoms with E-state index in [-0.39, 0.29) is 11.9 Å². The highest BCUT2D eigenvalue weighted by Gasteiger charge is 2.17. The minimum absolute atomic E-state index is 0.0202. The van der Waals surface area contributed by atoms with Crippen LogP contribution < -0.4 is 10.6 Å². The molecule has 1 aromatic carbocycles. The van der Waals surface area contributed by atoms with E-state index in [1.165, 1.54) is 0 Å². The van der Waals surface area contributed by atoms with Crippen LogP contribution in [-0.2, 0) is 7.05 Å². The minimum Gasteiger partial charge on any atom is -0.351 e. The number of carbonyl (C=O) groups is 1. The molecule has 1 atom stereocenters. The van der Waals surface area contributed by atoms with E-state index in [9.17, 15) is 4.79 Å². The molecular weight excluding hydrogens is 226 g/mol. The zero-order valence-corrected chi connectivity index (χ0v) is 10.4. The van der Waals surface area contributed by atoms with E-state index >= 15 is 0 Å². The van der Waals surface area contributed by atoms with Crippen LogP contribution in [-0.4, -0.2) is 29.6 Å². The summed E-state index contributed by atoms with van der Waals surface area (Å²) in [6.07, 6.45) is 3.02. The Bertz CT molecular complexity index is 582. The van der Waals surface area contributed by atoms with Crippen LogP contribution in [0.25, 0.3) is 10.9 Å². The number of hydrogen-bond acceptors (Lipinski definition) is 2. The maximum atomic E-state index is 12.1. The van der Waals surface area contributed by atoms with E-state index in [0.717, 1.165) is 36.0 Å². The number of aryl methyl sites for hydroxylation is 1. The highest BCUT2D eigenvalue weighted by atomic mass is 16.1. The van der Waals surface area contributed by atoms with Crippen molar-refractivity contribution in [2.45, 2.75) is 12.5 Å². The Labute approximate surface area is 106 Å². The Hall–Kier alpha value is -1.81. The van der Waals surface area contributed by atoms with E-state index in [1.54, 1.807) is 0 Å². The fourth-order valence-corrected chi connectivity index (χ4v) is 2.45. The van der Waals surface area contributed by atoms with Crippen LogP contribution in [0.4, 0.5) is 0 Å². The van der Waals surface area contributed by atoms with Crippen molar-refractivity contribution in [3.8, 4) is 0 Å². The Morgan fingerprint density at radius 3 is 3.11 bits per heavy atom. The van der Waals surface area contributed by atoms with Gasteiger partial charge in [0.05, 0.1) is 0 Å². The summed E-state index contributed by atoms with van der Waals surface area (Å²) in [7, 11) is 1.99. The zero-order valence-electron chi connectivity index (χ0n) is 10.4. The number of benzene rings is 1. The lowest BCUT2D eigenvalue weighted by atomic mass is 10.1. The SMILES string of the molecule is Cn1ccc2ccc(C(=O)NC3CCNC3)cc21. The van der Waals surface area contributed by atoms with Crippen LogP contribution in [0.3, 0.4) is 0 Å². The molecule has 2 N–H and O–H groups in total. The Balaban J connectivity index is 1.84. The minimum atomic E-state index is 0.0202. The molecule has 1 unspecified atom stereocenters. The van der Waals surface area contributed by atoms with Crippen LogP contribution in [0.5, 0.6) is 0 Å². The molecule has 18 heavy (non-hydrogen) atoms. The van der Waals surface area contributed by atoms with Gasteiger partial charge in [0.15, 0.2) is 0 Å².